The van der Waals surface area contributed by atoms with Gasteiger partial charge in [0.15, 0.2) is 0 Å². The smallest absolute Gasteiger partial charge is 0.0387 e. The van der Waals surface area contributed by atoms with Crippen LogP contribution in [0, 0.1) is 0 Å². The van der Waals surface area contributed by atoms with Gasteiger partial charge in [0.05, 0.1) is 0 Å². The quantitative estimate of drug-likeness (QED) is 0.261. The van der Waals surface area contributed by atoms with Gasteiger partial charge in [-0.1, -0.05) is 111 Å². The summed E-state index contributed by atoms with van der Waals surface area (Å²) in [5.41, 5.74) is 12.6. The molecule has 1 heteroatoms. The molecule has 0 saturated carbocycles. The first-order valence-corrected chi connectivity index (χ1v) is 13.3. The second kappa shape index (κ2) is 8.75. The second-order valence-electron chi connectivity index (χ2n) is 10.8. The van der Waals surface area contributed by atoms with E-state index >= 15 is 0 Å². The molecule has 1 N–H and O–H groups in total. The Balaban J connectivity index is 1.16. The molecule has 0 saturated heterocycles. The minimum atomic E-state index is -0.0624. The Morgan fingerprint density at radius 1 is 0.421 bits per heavy atom. The van der Waals surface area contributed by atoms with Gasteiger partial charge in [-0.25, -0.2) is 0 Å². The lowest BCUT2D eigenvalue weighted by molar-refractivity contribution is 0.661. The highest BCUT2D eigenvalue weighted by Gasteiger charge is 2.35. The predicted octanol–water partition coefficient (Wildman–Crippen LogP) is 10.2. The predicted molar refractivity (Wildman–Crippen MR) is 162 cm³/mol. The number of anilines is 2. The van der Waals surface area contributed by atoms with E-state index in [1.165, 1.54) is 55.3 Å². The zero-order valence-electron chi connectivity index (χ0n) is 21.7. The molecule has 0 spiro atoms. The van der Waals surface area contributed by atoms with Gasteiger partial charge in [-0.2, -0.15) is 0 Å². The Morgan fingerprint density at radius 2 is 0.974 bits per heavy atom. The van der Waals surface area contributed by atoms with Crippen LogP contribution in [0.1, 0.15) is 25.0 Å². The van der Waals surface area contributed by atoms with Crippen LogP contribution in [0.2, 0.25) is 0 Å². The maximum Gasteiger partial charge on any atom is 0.0387 e. The Kier molecular flexibility index (Phi) is 5.19. The van der Waals surface area contributed by atoms with Crippen molar-refractivity contribution in [1.82, 2.24) is 0 Å². The summed E-state index contributed by atoms with van der Waals surface area (Å²) in [7, 11) is 0. The summed E-state index contributed by atoms with van der Waals surface area (Å²) in [4.78, 5) is 0. The summed E-state index contributed by atoms with van der Waals surface area (Å²) >= 11 is 0. The molecule has 7 rings (SSSR count). The molecular weight excluding hydrogens is 458 g/mol. The fraction of sp³-hybridized carbons (Fsp3) is 0.0811. The van der Waals surface area contributed by atoms with E-state index in [1.54, 1.807) is 0 Å². The van der Waals surface area contributed by atoms with Crippen LogP contribution in [0.25, 0.3) is 44.2 Å². The normalized spacial score (nSPS) is 13.2. The Morgan fingerprint density at radius 3 is 1.76 bits per heavy atom. The Labute approximate surface area is 224 Å². The van der Waals surface area contributed by atoms with E-state index in [0.29, 0.717) is 0 Å². The SMILES string of the molecule is CC1(C)c2cc(Nc3ccc(-c4ccc5ccccc5c4)cc3)ccc2-c2ccc(-c3ccccc3)cc21. The van der Waals surface area contributed by atoms with Crippen LogP contribution in [0.4, 0.5) is 11.4 Å². The van der Waals surface area contributed by atoms with Crippen molar-refractivity contribution in [1.29, 1.82) is 0 Å². The topological polar surface area (TPSA) is 12.0 Å². The molecule has 0 atom stereocenters. The molecule has 0 unspecified atom stereocenters. The minimum absolute atomic E-state index is 0.0624. The second-order valence-corrected chi connectivity index (χ2v) is 10.8. The maximum absolute atomic E-state index is 3.64. The number of fused-ring (bicyclic) bond motifs is 4. The average molecular weight is 488 g/mol. The number of hydrogen-bond acceptors (Lipinski definition) is 1. The van der Waals surface area contributed by atoms with Crippen molar-refractivity contribution in [2.75, 3.05) is 5.32 Å². The standard InChI is InChI=1S/C37H29N/c1-37(2)35-23-30(25-8-4-3-5-9-25)16-20-33(35)34-21-19-32(24-36(34)37)38-31-17-14-27(15-18-31)29-13-12-26-10-6-7-11-28(26)22-29/h3-24,38H,1-2H3. The van der Waals surface area contributed by atoms with Crippen molar-refractivity contribution in [3.8, 4) is 33.4 Å². The van der Waals surface area contributed by atoms with Crippen molar-refractivity contribution in [3.63, 3.8) is 0 Å². The third-order valence-corrected chi connectivity index (χ3v) is 8.04. The van der Waals surface area contributed by atoms with E-state index in [-0.39, 0.29) is 5.41 Å². The number of benzene rings is 6. The summed E-state index contributed by atoms with van der Waals surface area (Å²) in [6.45, 7) is 4.68. The first-order valence-electron chi connectivity index (χ1n) is 13.3. The van der Waals surface area contributed by atoms with Gasteiger partial charge in [0, 0.05) is 16.8 Å². The lowest BCUT2D eigenvalue weighted by Crippen LogP contribution is -2.15. The fourth-order valence-corrected chi connectivity index (χ4v) is 5.91. The molecular formula is C37H29N. The maximum atomic E-state index is 3.64. The van der Waals surface area contributed by atoms with Crippen LogP contribution >= 0.6 is 0 Å². The molecule has 0 amide bonds. The highest BCUT2D eigenvalue weighted by atomic mass is 14.9. The minimum Gasteiger partial charge on any atom is -0.356 e. The van der Waals surface area contributed by atoms with Gasteiger partial charge >= 0.3 is 0 Å². The molecule has 38 heavy (non-hydrogen) atoms. The van der Waals surface area contributed by atoms with Gasteiger partial charge in [0.25, 0.3) is 0 Å². The molecule has 0 bridgehead atoms. The molecule has 6 aromatic carbocycles. The van der Waals surface area contributed by atoms with Crippen molar-refractivity contribution in [2.24, 2.45) is 0 Å². The summed E-state index contributed by atoms with van der Waals surface area (Å²) in [6, 6.07) is 48.3. The third-order valence-electron chi connectivity index (χ3n) is 8.04. The number of rotatable bonds is 4. The van der Waals surface area contributed by atoms with E-state index in [2.05, 4.69) is 153 Å². The molecule has 0 aliphatic heterocycles. The third kappa shape index (κ3) is 3.79. The van der Waals surface area contributed by atoms with Gasteiger partial charge in [0.2, 0.25) is 0 Å². The van der Waals surface area contributed by atoms with Gasteiger partial charge < -0.3 is 5.32 Å². The van der Waals surface area contributed by atoms with E-state index in [0.717, 1.165) is 11.4 Å². The summed E-state index contributed by atoms with van der Waals surface area (Å²) in [6.07, 6.45) is 0. The molecule has 0 fully saturated rings. The molecule has 0 heterocycles. The van der Waals surface area contributed by atoms with E-state index in [4.69, 9.17) is 0 Å². The zero-order valence-corrected chi connectivity index (χ0v) is 21.7. The van der Waals surface area contributed by atoms with Crippen molar-refractivity contribution < 1.29 is 0 Å². The summed E-state index contributed by atoms with van der Waals surface area (Å²) in [5, 5.41) is 6.18. The lowest BCUT2D eigenvalue weighted by Gasteiger charge is -2.23. The van der Waals surface area contributed by atoms with Crippen LogP contribution in [0.15, 0.2) is 133 Å². The Bertz CT molecular complexity index is 1790. The van der Waals surface area contributed by atoms with Gasteiger partial charge in [-0.3, -0.25) is 0 Å². The van der Waals surface area contributed by atoms with E-state index in [9.17, 15) is 0 Å². The van der Waals surface area contributed by atoms with Crippen LogP contribution in [0.3, 0.4) is 0 Å². The first-order chi connectivity index (χ1) is 18.6. The molecule has 0 aromatic heterocycles. The number of nitrogens with one attached hydrogen (secondary N) is 1. The van der Waals surface area contributed by atoms with Crippen LogP contribution in [-0.4, -0.2) is 0 Å². The van der Waals surface area contributed by atoms with Crippen molar-refractivity contribution >= 4 is 22.1 Å². The highest BCUT2D eigenvalue weighted by Crippen LogP contribution is 2.50. The monoisotopic (exact) mass is 487 g/mol. The lowest BCUT2D eigenvalue weighted by atomic mass is 9.81. The fourth-order valence-electron chi connectivity index (χ4n) is 5.91. The molecule has 6 aromatic rings. The van der Waals surface area contributed by atoms with Gasteiger partial charge in [-0.15, -0.1) is 0 Å². The Hall–Kier alpha value is -4.62. The molecule has 1 aliphatic rings. The van der Waals surface area contributed by atoms with Gasteiger partial charge in [0.1, 0.15) is 0 Å². The molecule has 0 radical (unpaired) electrons. The van der Waals surface area contributed by atoms with Crippen molar-refractivity contribution in [3.05, 3.63) is 145 Å². The highest BCUT2D eigenvalue weighted by molar-refractivity contribution is 5.88. The molecule has 1 nitrogen and oxygen atoms in total. The van der Waals surface area contributed by atoms with E-state index in [1.807, 2.05) is 0 Å². The average Bonchev–Trinajstić information content (AvgIpc) is 3.19. The largest absolute Gasteiger partial charge is 0.356 e. The van der Waals surface area contributed by atoms with Crippen molar-refractivity contribution in [2.45, 2.75) is 19.3 Å². The first kappa shape index (κ1) is 22.6. The summed E-state index contributed by atoms with van der Waals surface area (Å²) < 4.78 is 0. The van der Waals surface area contributed by atoms with E-state index < -0.39 is 0 Å². The molecule has 182 valence electrons. The summed E-state index contributed by atoms with van der Waals surface area (Å²) in [5.74, 6) is 0. The molecule has 1 aliphatic carbocycles. The van der Waals surface area contributed by atoms with Gasteiger partial charge in [-0.05, 0) is 91.7 Å². The number of hydrogen-bond donors (Lipinski definition) is 1. The van der Waals surface area contributed by atoms with Crippen LogP contribution < -0.4 is 5.32 Å². The van der Waals surface area contributed by atoms with Crippen LogP contribution in [0.5, 0.6) is 0 Å². The zero-order chi connectivity index (χ0) is 25.7. The van der Waals surface area contributed by atoms with Crippen LogP contribution in [-0.2, 0) is 5.41 Å².